The number of carbonyl (C=O) groups excluding carboxylic acids is 3. The lowest BCUT2D eigenvalue weighted by atomic mass is 10.1. The predicted octanol–water partition coefficient (Wildman–Crippen LogP) is 1.13. The predicted molar refractivity (Wildman–Crippen MR) is 103 cm³/mol. The van der Waals surface area contributed by atoms with E-state index in [1.807, 2.05) is 36.4 Å². The quantitative estimate of drug-likeness (QED) is 0.785. The van der Waals surface area contributed by atoms with E-state index in [0.29, 0.717) is 25.3 Å². The third-order valence-corrected chi connectivity index (χ3v) is 4.47. The first-order valence-electron chi connectivity index (χ1n) is 9.18. The molecule has 7 nitrogen and oxygen atoms in total. The van der Waals surface area contributed by atoms with Gasteiger partial charge in [-0.15, -0.1) is 0 Å². The van der Waals surface area contributed by atoms with Crippen molar-refractivity contribution in [3.63, 3.8) is 0 Å². The van der Waals surface area contributed by atoms with Crippen LogP contribution in [0.2, 0.25) is 0 Å². The van der Waals surface area contributed by atoms with Gasteiger partial charge in [0.15, 0.2) is 0 Å². The Labute approximate surface area is 163 Å². The summed E-state index contributed by atoms with van der Waals surface area (Å²) >= 11 is 0. The zero-order valence-corrected chi connectivity index (χ0v) is 15.5. The number of morpholine rings is 1. The van der Waals surface area contributed by atoms with Crippen LogP contribution in [0.1, 0.15) is 22.0 Å². The molecule has 1 heterocycles. The first-order valence-corrected chi connectivity index (χ1v) is 9.18. The molecular formula is C21H23N3O4. The topological polar surface area (TPSA) is 87.7 Å². The number of amides is 3. The highest BCUT2D eigenvalue weighted by Gasteiger charge is 2.25. The van der Waals surface area contributed by atoms with Crippen molar-refractivity contribution >= 4 is 17.7 Å². The largest absolute Gasteiger partial charge is 0.370 e. The van der Waals surface area contributed by atoms with Gasteiger partial charge in [0.05, 0.1) is 26.2 Å². The van der Waals surface area contributed by atoms with Crippen LogP contribution in [0.3, 0.4) is 0 Å². The molecule has 0 saturated carbocycles. The molecule has 2 N–H and O–H groups in total. The summed E-state index contributed by atoms with van der Waals surface area (Å²) in [5.74, 6) is -0.918. The fourth-order valence-corrected chi connectivity index (χ4v) is 2.95. The van der Waals surface area contributed by atoms with E-state index < -0.39 is 5.91 Å². The maximum atomic E-state index is 12.4. The van der Waals surface area contributed by atoms with Gasteiger partial charge < -0.3 is 20.3 Å². The first-order chi connectivity index (χ1) is 13.6. The zero-order chi connectivity index (χ0) is 19.8. The summed E-state index contributed by atoms with van der Waals surface area (Å²) in [7, 11) is 0. The SMILES string of the molecule is O=C(CNC(=O)c1ccccc1)NCC(=O)N1CCOC(c2ccccc2)C1. The number of nitrogens with one attached hydrogen (secondary N) is 2. The van der Waals surface area contributed by atoms with Crippen molar-refractivity contribution in [2.75, 3.05) is 32.8 Å². The Morgan fingerprint density at radius 1 is 0.929 bits per heavy atom. The van der Waals surface area contributed by atoms with Gasteiger partial charge in [0, 0.05) is 12.1 Å². The summed E-state index contributed by atoms with van der Waals surface area (Å²) in [6, 6.07) is 18.4. The van der Waals surface area contributed by atoms with E-state index in [1.54, 1.807) is 29.2 Å². The van der Waals surface area contributed by atoms with Gasteiger partial charge in [0.25, 0.3) is 5.91 Å². The summed E-state index contributed by atoms with van der Waals surface area (Å²) in [5.41, 5.74) is 1.50. The molecule has 0 spiro atoms. The average Bonchev–Trinajstić information content (AvgIpc) is 2.77. The molecular weight excluding hydrogens is 358 g/mol. The van der Waals surface area contributed by atoms with Gasteiger partial charge in [-0.2, -0.15) is 0 Å². The third kappa shape index (κ3) is 5.40. The molecule has 2 aromatic carbocycles. The van der Waals surface area contributed by atoms with Crippen LogP contribution >= 0.6 is 0 Å². The summed E-state index contributed by atoms with van der Waals surface area (Å²) in [4.78, 5) is 37.9. The monoisotopic (exact) mass is 381 g/mol. The van der Waals surface area contributed by atoms with Gasteiger partial charge in [-0.05, 0) is 17.7 Å². The highest BCUT2D eigenvalue weighted by molar-refractivity contribution is 5.96. The Morgan fingerprint density at radius 2 is 1.61 bits per heavy atom. The van der Waals surface area contributed by atoms with Gasteiger partial charge in [-0.25, -0.2) is 0 Å². The van der Waals surface area contributed by atoms with Crippen LogP contribution in [-0.2, 0) is 14.3 Å². The van der Waals surface area contributed by atoms with Crippen molar-refractivity contribution in [3.05, 3.63) is 71.8 Å². The number of hydrogen-bond acceptors (Lipinski definition) is 4. The zero-order valence-electron chi connectivity index (χ0n) is 15.5. The lowest BCUT2D eigenvalue weighted by Crippen LogP contribution is -2.47. The molecule has 2 aromatic rings. The van der Waals surface area contributed by atoms with Crippen LogP contribution in [-0.4, -0.2) is 55.4 Å². The molecule has 1 saturated heterocycles. The molecule has 1 aliphatic rings. The highest BCUT2D eigenvalue weighted by atomic mass is 16.5. The van der Waals surface area contributed by atoms with Crippen molar-refractivity contribution in [3.8, 4) is 0 Å². The van der Waals surface area contributed by atoms with E-state index in [2.05, 4.69) is 10.6 Å². The molecule has 1 atom stereocenters. The molecule has 7 heteroatoms. The molecule has 3 rings (SSSR count). The first kappa shape index (κ1) is 19.6. The molecule has 1 unspecified atom stereocenters. The van der Waals surface area contributed by atoms with Crippen LogP contribution in [0.5, 0.6) is 0 Å². The summed E-state index contributed by atoms with van der Waals surface area (Å²) < 4.78 is 5.75. The number of carbonyl (C=O) groups is 3. The lowest BCUT2D eigenvalue weighted by molar-refractivity contribution is -0.139. The molecule has 0 aromatic heterocycles. The number of ether oxygens (including phenoxy) is 1. The second kappa shape index (κ2) is 9.66. The summed E-state index contributed by atoms with van der Waals surface area (Å²) in [5, 5.41) is 5.09. The Hall–Kier alpha value is -3.19. The summed E-state index contributed by atoms with van der Waals surface area (Å²) in [6.07, 6.45) is -0.167. The van der Waals surface area contributed by atoms with Crippen molar-refractivity contribution in [1.29, 1.82) is 0 Å². The van der Waals surface area contributed by atoms with E-state index in [9.17, 15) is 14.4 Å². The van der Waals surface area contributed by atoms with E-state index in [1.165, 1.54) is 0 Å². The molecule has 0 aliphatic carbocycles. The van der Waals surface area contributed by atoms with Gasteiger partial charge in [-0.1, -0.05) is 48.5 Å². The molecule has 1 aliphatic heterocycles. The highest BCUT2D eigenvalue weighted by Crippen LogP contribution is 2.21. The smallest absolute Gasteiger partial charge is 0.251 e. The minimum atomic E-state index is -0.412. The Kier molecular flexibility index (Phi) is 6.75. The number of nitrogens with zero attached hydrogens (tertiary/aromatic N) is 1. The van der Waals surface area contributed by atoms with Crippen LogP contribution in [0.15, 0.2) is 60.7 Å². The molecule has 0 bridgehead atoms. The van der Waals surface area contributed by atoms with Crippen molar-refractivity contribution in [2.24, 2.45) is 0 Å². The van der Waals surface area contributed by atoms with Gasteiger partial charge in [0.1, 0.15) is 6.10 Å². The lowest BCUT2D eigenvalue weighted by Gasteiger charge is -2.33. The van der Waals surface area contributed by atoms with E-state index in [0.717, 1.165) is 5.56 Å². The molecule has 3 amide bonds. The number of benzene rings is 2. The fourth-order valence-electron chi connectivity index (χ4n) is 2.95. The second-order valence-corrected chi connectivity index (χ2v) is 6.44. The van der Waals surface area contributed by atoms with Gasteiger partial charge in [0.2, 0.25) is 11.8 Å². The van der Waals surface area contributed by atoms with Crippen molar-refractivity contribution < 1.29 is 19.1 Å². The summed E-state index contributed by atoms with van der Waals surface area (Å²) in [6.45, 7) is 1.09. The Morgan fingerprint density at radius 3 is 2.32 bits per heavy atom. The number of hydrogen-bond donors (Lipinski definition) is 2. The van der Waals surface area contributed by atoms with Crippen molar-refractivity contribution in [1.82, 2.24) is 15.5 Å². The maximum Gasteiger partial charge on any atom is 0.251 e. The van der Waals surface area contributed by atoms with E-state index in [-0.39, 0.29) is 31.0 Å². The van der Waals surface area contributed by atoms with Crippen LogP contribution in [0.4, 0.5) is 0 Å². The van der Waals surface area contributed by atoms with Crippen LogP contribution in [0, 0.1) is 0 Å². The van der Waals surface area contributed by atoms with Gasteiger partial charge in [-0.3, -0.25) is 14.4 Å². The average molecular weight is 381 g/mol. The third-order valence-electron chi connectivity index (χ3n) is 4.47. The van der Waals surface area contributed by atoms with E-state index >= 15 is 0 Å². The van der Waals surface area contributed by atoms with Crippen LogP contribution < -0.4 is 10.6 Å². The number of rotatable bonds is 6. The van der Waals surface area contributed by atoms with Crippen LogP contribution in [0.25, 0.3) is 0 Å². The normalized spacial score (nSPS) is 16.3. The van der Waals surface area contributed by atoms with Crippen molar-refractivity contribution in [2.45, 2.75) is 6.10 Å². The second-order valence-electron chi connectivity index (χ2n) is 6.44. The van der Waals surface area contributed by atoms with Gasteiger partial charge >= 0.3 is 0 Å². The fraction of sp³-hybridized carbons (Fsp3) is 0.286. The molecule has 146 valence electrons. The Bertz CT molecular complexity index is 811. The molecule has 28 heavy (non-hydrogen) atoms. The minimum Gasteiger partial charge on any atom is -0.370 e. The minimum absolute atomic E-state index is 0.110. The van der Waals surface area contributed by atoms with E-state index in [4.69, 9.17) is 4.74 Å². The Balaban J connectivity index is 1.42. The maximum absolute atomic E-state index is 12.4. The standard InChI is InChI=1S/C21H23N3O4/c25-19(13-23-21(27)17-9-5-2-6-10-17)22-14-20(26)24-11-12-28-18(15-24)16-7-3-1-4-8-16/h1-10,18H,11-15H2,(H,22,25)(H,23,27). The molecule has 0 radical (unpaired) electrons. The molecule has 1 fully saturated rings.